The Kier molecular flexibility index (Phi) is 22.8. The Labute approximate surface area is 168 Å². The molecule has 3 nitrogen and oxygen atoms in total. The van der Waals surface area contributed by atoms with Gasteiger partial charge in [0.1, 0.15) is 13.6 Å². The fraction of sp³-hybridized carbons (Fsp3) is 1.00. The van der Waals surface area contributed by atoms with E-state index in [0.29, 0.717) is 6.54 Å². The zero-order chi connectivity index (χ0) is 17.9. The maximum atomic E-state index is 9.15. The second-order valence-electron chi connectivity index (χ2n) is 7.82. The van der Waals surface area contributed by atoms with E-state index in [1.54, 1.807) is 0 Å². The first-order chi connectivity index (χ1) is 11.6. The van der Waals surface area contributed by atoms with E-state index >= 15 is 0 Å². The van der Waals surface area contributed by atoms with Crippen molar-refractivity contribution < 1.29 is 32.2 Å². The molecule has 0 rings (SSSR count). The van der Waals surface area contributed by atoms with Crippen molar-refractivity contribution >= 4 is 0 Å². The van der Waals surface area contributed by atoms with Crippen molar-refractivity contribution in [1.29, 1.82) is 0 Å². The van der Waals surface area contributed by atoms with Crippen LogP contribution in [0.15, 0.2) is 0 Å². The largest absolute Gasteiger partial charge is 1.00 e. The molecule has 0 saturated heterocycles. The van der Waals surface area contributed by atoms with Gasteiger partial charge in [0.15, 0.2) is 0 Å². The van der Waals surface area contributed by atoms with Crippen LogP contribution in [0, 0.1) is 0 Å². The summed E-state index contributed by atoms with van der Waals surface area (Å²) in [5, 5.41) is 18.3. The fourth-order valence-electron chi connectivity index (χ4n) is 3.31. The molecule has 0 bridgehead atoms. The number of hydrogen-bond donors (Lipinski definition) is 2. The Morgan fingerprint density at radius 2 is 0.720 bits per heavy atom. The molecule has 4 heteroatoms. The number of hydroxylamine groups is 4. The molecule has 0 aliphatic heterocycles. The third-order valence-corrected chi connectivity index (χ3v) is 4.94. The molecule has 0 saturated carbocycles. The van der Waals surface area contributed by atoms with Gasteiger partial charge in [0.05, 0.1) is 0 Å². The van der Waals surface area contributed by atoms with Crippen LogP contribution < -0.4 is 17.0 Å². The fourth-order valence-corrected chi connectivity index (χ4v) is 3.31. The lowest BCUT2D eigenvalue weighted by atomic mass is 10.0. The third kappa shape index (κ3) is 26.7. The van der Waals surface area contributed by atoms with E-state index in [4.69, 9.17) is 10.4 Å². The SMILES string of the molecule is CCCCCCCCCCCCCCCCCCCC[N+](C)(O)O.[Br-]. The summed E-state index contributed by atoms with van der Waals surface area (Å²) >= 11 is 0. The number of quaternary nitrogens is 1. The molecular formula is C21H46BrNO2. The van der Waals surface area contributed by atoms with Gasteiger partial charge >= 0.3 is 0 Å². The van der Waals surface area contributed by atoms with Gasteiger partial charge in [-0.15, -0.1) is 0 Å². The Bertz CT molecular complexity index is 245. The molecule has 0 aromatic heterocycles. The predicted octanol–water partition coefficient (Wildman–Crippen LogP) is 4.26. The molecule has 0 aromatic rings. The molecule has 154 valence electrons. The van der Waals surface area contributed by atoms with E-state index in [1.807, 2.05) is 0 Å². The zero-order valence-electron chi connectivity index (χ0n) is 17.2. The van der Waals surface area contributed by atoms with Crippen molar-refractivity contribution in [2.45, 2.75) is 122 Å². The summed E-state index contributed by atoms with van der Waals surface area (Å²) in [5.41, 5.74) is 0. The molecule has 0 unspecified atom stereocenters. The quantitative estimate of drug-likeness (QED) is 0.185. The van der Waals surface area contributed by atoms with Crippen molar-refractivity contribution in [1.82, 2.24) is 0 Å². The highest BCUT2D eigenvalue weighted by atomic mass is 79.9. The number of hydrogen-bond acceptors (Lipinski definition) is 2. The summed E-state index contributed by atoms with van der Waals surface area (Å²) in [6.07, 6.45) is 24.4. The number of halogens is 1. The van der Waals surface area contributed by atoms with Gasteiger partial charge in [-0.1, -0.05) is 114 Å². The van der Waals surface area contributed by atoms with Crippen molar-refractivity contribution in [3.63, 3.8) is 0 Å². The van der Waals surface area contributed by atoms with Crippen LogP contribution in [0.4, 0.5) is 0 Å². The maximum absolute atomic E-state index is 9.15. The number of nitrogens with zero attached hydrogens (tertiary/aromatic N) is 1. The molecule has 0 radical (unpaired) electrons. The van der Waals surface area contributed by atoms with Crippen LogP contribution in [-0.4, -0.2) is 28.8 Å². The summed E-state index contributed by atoms with van der Waals surface area (Å²) in [6.45, 7) is 2.73. The van der Waals surface area contributed by atoms with E-state index in [2.05, 4.69) is 6.92 Å². The molecule has 0 fully saturated rings. The topological polar surface area (TPSA) is 40.5 Å². The molecule has 2 N–H and O–H groups in total. The van der Waals surface area contributed by atoms with Gasteiger partial charge in [-0.25, -0.2) is 0 Å². The number of rotatable bonds is 19. The lowest BCUT2D eigenvalue weighted by molar-refractivity contribution is -1.23. The van der Waals surface area contributed by atoms with Gasteiger partial charge in [0.2, 0.25) is 0 Å². The first-order valence-corrected chi connectivity index (χ1v) is 10.9. The summed E-state index contributed by atoms with van der Waals surface area (Å²) < 4.78 is 0. The molecule has 0 heterocycles. The highest BCUT2D eigenvalue weighted by Gasteiger charge is 2.12. The summed E-state index contributed by atoms with van der Waals surface area (Å²) in [4.78, 5) is -0.876. The summed E-state index contributed by atoms with van der Waals surface area (Å²) in [5.74, 6) is 0. The van der Waals surface area contributed by atoms with Gasteiger partial charge in [-0.2, -0.15) is 10.4 Å². The highest BCUT2D eigenvalue weighted by Crippen LogP contribution is 2.14. The minimum Gasteiger partial charge on any atom is -1.00 e. The first-order valence-electron chi connectivity index (χ1n) is 10.9. The second-order valence-corrected chi connectivity index (χ2v) is 7.82. The Balaban J connectivity index is 0. The van der Waals surface area contributed by atoms with E-state index in [-0.39, 0.29) is 17.0 Å². The average molecular weight is 425 g/mol. The normalized spacial score (nSPS) is 11.5. The standard InChI is InChI=1S/C21H46NO2.BrH/c1-3-4-5-6-7-8-9-10-11-12-13-14-15-16-17-18-19-20-21-22(2,23)24;/h23-24H,3-21H2,1-2H3;1H/q+1;/p-1. The minimum atomic E-state index is -0.876. The van der Waals surface area contributed by atoms with Crippen LogP contribution >= 0.6 is 0 Å². The van der Waals surface area contributed by atoms with Crippen molar-refractivity contribution in [3.8, 4) is 0 Å². The molecule has 0 aliphatic rings. The van der Waals surface area contributed by atoms with Gasteiger partial charge in [0, 0.05) is 6.42 Å². The van der Waals surface area contributed by atoms with Gasteiger partial charge in [0.25, 0.3) is 0 Å². The van der Waals surface area contributed by atoms with Crippen molar-refractivity contribution in [2.75, 3.05) is 13.6 Å². The smallest absolute Gasteiger partial charge is 0.141 e. The van der Waals surface area contributed by atoms with E-state index in [9.17, 15) is 0 Å². The van der Waals surface area contributed by atoms with Crippen molar-refractivity contribution in [3.05, 3.63) is 0 Å². The molecule has 0 spiro atoms. The monoisotopic (exact) mass is 423 g/mol. The molecule has 0 atom stereocenters. The van der Waals surface area contributed by atoms with E-state index < -0.39 is 4.81 Å². The Morgan fingerprint density at radius 1 is 0.480 bits per heavy atom. The first kappa shape index (κ1) is 27.6. The lowest BCUT2D eigenvalue weighted by Gasteiger charge is -2.14. The molecule has 0 aromatic carbocycles. The molecular weight excluding hydrogens is 378 g/mol. The molecule has 0 aliphatic carbocycles. The predicted molar refractivity (Wildman–Crippen MR) is 103 cm³/mol. The van der Waals surface area contributed by atoms with Crippen LogP contribution in [0.5, 0.6) is 0 Å². The number of unbranched alkanes of at least 4 members (excludes halogenated alkanes) is 17. The van der Waals surface area contributed by atoms with E-state index in [1.165, 1.54) is 110 Å². The minimum absolute atomic E-state index is 0. The summed E-state index contributed by atoms with van der Waals surface area (Å²) in [7, 11) is 1.41. The van der Waals surface area contributed by atoms with Gasteiger partial charge in [-0.3, -0.25) is 0 Å². The van der Waals surface area contributed by atoms with Crippen LogP contribution in [-0.2, 0) is 0 Å². The van der Waals surface area contributed by atoms with Crippen LogP contribution in [0.3, 0.4) is 0 Å². The average Bonchev–Trinajstić information content (AvgIpc) is 2.52. The van der Waals surface area contributed by atoms with Crippen molar-refractivity contribution in [2.24, 2.45) is 0 Å². The molecule has 0 amide bonds. The zero-order valence-corrected chi connectivity index (χ0v) is 18.7. The van der Waals surface area contributed by atoms with Crippen LogP contribution in [0.25, 0.3) is 0 Å². The molecule has 25 heavy (non-hydrogen) atoms. The van der Waals surface area contributed by atoms with Crippen LogP contribution in [0.2, 0.25) is 0 Å². The highest BCUT2D eigenvalue weighted by molar-refractivity contribution is 4.50. The van der Waals surface area contributed by atoms with Gasteiger partial charge in [-0.05, 0) is 6.42 Å². The lowest BCUT2D eigenvalue weighted by Crippen LogP contribution is -3.00. The summed E-state index contributed by atoms with van der Waals surface area (Å²) in [6, 6.07) is 0. The third-order valence-electron chi connectivity index (χ3n) is 4.94. The Hall–Kier alpha value is 0.360. The maximum Gasteiger partial charge on any atom is 0.141 e. The van der Waals surface area contributed by atoms with Gasteiger partial charge < -0.3 is 17.0 Å². The van der Waals surface area contributed by atoms with Crippen LogP contribution in [0.1, 0.15) is 122 Å². The second kappa shape index (κ2) is 20.7. The van der Waals surface area contributed by atoms with E-state index in [0.717, 1.165) is 12.8 Å². The Morgan fingerprint density at radius 3 is 0.960 bits per heavy atom.